The molecule has 190 valence electrons. The first-order valence-electron chi connectivity index (χ1n) is 13.6. The van der Waals surface area contributed by atoms with Crippen molar-refractivity contribution in [3.05, 3.63) is 0 Å². The molecule has 1 unspecified atom stereocenters. The summed E-state index contributed by atoms with van der Waals surface area (Å²) in [6.45, 7) is 3.88. The molecule has 0 fully saturated rings. The van der Waals surface area contributed by atoms with Gasteiger partial charge < -0.3 is 14.6 Å². The Kier molecular flexibility index (Phi) is 23.7. The summed E-state index contributed by atoms with van der Waals surface area (Å²) >= 11 is 0. The van der Waals surface area contributed by atoms with Gasteiger partial charge in [0.25, 0.3) is 0 Å². The quantitative estimate of drug-likeness (QED) is 0.122. The van der Waals surface area contributed by atoms with E-state index < -0.39 is 6.10 Å². The Morgan fingerprint density at radius 1 is 0.594 bits per heavy atom. The third-order valence-corrected chi connectivity index (χ3v) is 5.90. The highest BCUT2D eigenvalue weighted by Gasteiger charge is 2.15. The minimum Gasteiger partial charge on any atom is -0.462 e. The van der Waals surface area contributed by atoms with Gasteiger partial charge in [-0.15, -0.1) is 0 Å². The first-order chi connectivity index (χ1) is 15.6. The lowest BCUT2D eigenvalue weighted by Crippen LogP contribution is -2.28. The van der Waals surface area contributed by atoms with Crippen molar-refractivity contribution < 1.29 is 24.2 Å². The van der Waals surface area contributed by atoms with E-state index >= 15 is 0 Å². The summed E-state index contributed by atoms with van der Waals surface area (Å²) in [5.74, 6) is -0.627. The van der Waals surface area contributed by atoms with E-state index in [-0.39, 0.29) is 25.2 Å². The molecule has 0 rings (SSSR count). The van der Waals surface area contributed by atoms with E-state index in [1.807, 2.05) is 6.92 Å². The molecule has 32 heavy (non-hydrogen) atoms. The minimum absolute atomic E-state index is 0.0657. The van der Waals surface area contributed by atoms with Crippen molar-refractivity contribution in [2.24, 2.45) is 0 Å². The molecule has 5 nitrogen and oxygen atoms in total. The van der Waals surface area contributed by atoms with Gasteiger partial charge in [0.2, 0.25) is 0 Å². The number of carbonyl (C=O) groups excluding carboxylic acids is 2. The van der Waals surface area contributed by atoms with Crippen LogP contribution >= 0.6 is 0 Å². The first kappa shape index (κ1) is 30.9. The lowest BCUT2D eigenvalue weighted by Gasteiger charge is -2.15. The van der Waals surface area contributed by atoms with Gasteiger partial charge >= 0.3 is 11.9 Å². The third-order valence-electron chi connectivity index (χ3n) is 5.90. The summed E-state index contributed by atoms with van der Waals surface area (Å²) in [6, 6.07) is 0. The molecule has 5 heteroatoms. The summed E-state index contributed by atoms with van der Waals surface area (Å²) in [5.41, 5.74) is 0. The van der Waals surface area contributed by atoms with Crippen molar-refractivity contribution in [1.82, 2.24) is 0 Å². The number of aliphatic hydroxyl groups is 1. The number of unbranched alkanes of at least 4 members (excludes halogenated alkanes) is 16. The van der Waals surface area contributed by atoms with E-state index in [1.165, 1.54) is 83.5 Å². The molecule has 0 saturated heterocycles. The van der Waals surface area contributed by atoms with Crippen molar-refractivity contribution in [3.8, 4) is 0 Å². The Morgan fingerprint density at radius 2 is 1.00 bits per heavy atom. The predicted molar refractivity (Wildman–Crippen MR) is 132 cm³/mol. The molecule has 1 atom stereocenters. The Morgan fingerprint density at radius 3 is 1.44 bits per heavy atom. The molecule has 0 aliphatic carbocycles. The number of esters is 2. The molecule has 0 aromatic carbocycles. The van der Waals surface area contributed by atoms with E-state index in [0.29, 0.717) is 12.8 Å². The lowest BCUT2D eigenvalue weighted by molar-refractivity contribution is -0.161. The maximum absolute atomic E-state index is 11.9. The average Bonchev–Trinajstić information content (AvgIpc) is 2.80. The Balaban J connectivity index is 3.43. The highest BCUT2D eigenvalue weighted by molar-refractivity contribution is 5.70. The van der Waals surface area contributed by atoms with Crippen LogP contribution in [-0.4, -0.2) is 36.4 Å². The van der Waals surface area contributed by atoms with Gasteiger partial charge in [-0.05, 0) is 12.8 Å². The van der Waals surface area contributed by atoms with E-state index in [0.717, 1.165) is 32.1 Å². The summed E-state index contributed by atoms with van der Waals surface area (Å²) in [6.07, 6.45) is 22.4. The van der Waals surface area contributed by atoms with Crippen LogP contribution in [0, 0.1) is 0 Å². The van der Waals surface area contributed by atoms with Gasteiger partial charge in [0.15, 0.2) is 6.10 Å². The second-order valence-corrected chi connectivity index (χ2v) is 9.13. The predicted octanol–water partition coefficient (Wildman–Crippen LogP) is 7.28. The summed E-state index contributed by atoms with van der Waals surface area (Å²) < 4.78 is 10.3. The van der Waals surface area contributed by atoms with Crippen molar-refractivity contribution >= 4 is 11.9 Å². The number of ether oxygens (including phenoxy) is 2. The van der Waals surface area contributed by atoms with Gasteiger partial charge in [-0.25, -0.2) is 0 Å². The molecule has 0 aliphatic heterocycles. The second kappa shape index (κ2) is 24.5. The Bertz CT molecular complexity index is 424. The maximum Gasteiger partial charge on any atom is 0.306 e. The molecule has 0 aromatic heterocycles. The fourth-order valence-electron chi connectivity index (χ4n) is 3.77. The van der Waals surface area contributed by atoms with Crippen LogP contribution < -0.4 is 0 Å². The second-order valence-electron chi connectivity index (χ2n) is 9.13. The standard InChI is InChI=1S/C27H52O5/c1-3-5-7-8-9-10-11-12-13-14-15-16-17-18-19-20-22-27(30)32-25(23-28)24-31-26(29)21-6-4-2/h25,28H,3-24H2,1-2H3. The molecule has 0 spiro atoms. The highest BCUT2D eigenvalue weighted by Crippen LogP contribution is 2.14. The molecule has 0 radical (unpaired) electrons. The number of hydrogen-bond donors (Lipinski definition) is 1. The normalized spacial score (nSPS) is 12.0. The van der Waals surface area contributed by atoms with Crippen molar-refractivity contribution in [2.75, 3.05) is 13.2 Å². The molecule has 1 N–H and O–H groups in total. The summed E-state index contributed by atoms with van der Waals surface area (Å²) in [7, 11) is 0. The van der Waals surface area contributed by atoms with E-state index in [2.05, 4.69) is 6.92 Å². The SMILES string of the molecule is CCCCCCCCCCCCCCCCCCC(=O)OC(CO)COC(=O)CCCC. The fraction of sp³-hybridized carbons (Fsp3) is 0.926. The molecule has 0 aliphatic rings. The van der Waals surface area contributed by atoms with Gasteiger partial charge in [-0.2, -0.15) is 0 Å². The molecular formula is C27H52O5. The summed E-state index contributed by atoms with van der Waals surface area (Å²) in [5, 5.41) is 9.31. The number of hydrogen-bond acceptors (Lipinski definition) is 5. The van der Waals surface area contributed by atoms with Crippen molar-refractivity contribution in [2.45, 2.75) is 148 Å². The molecular weight excluding hydrogens is 404 g/mol. The zero-order valence-corrected chi connectivity index (χ0v) is 21.2. The van der Waals surface area contributed by atoms with Gasteiger partial charge in [-0.3, -0.25) is 9.59 Å². The van der Waals surface area contributed by atoms with Gasteiger partial charge in [-0.1, -0.05) is 117 Å². The molecule has 0 heterocycles. The number of carbonyl (C=O) groups is 2. The lowest BCUT2D eigenvalue weighted by atomic mass is 10.0. The van der Waals surface area contributed by atoms with Gasteiger partial charge in [0.1, 0.15) is 6.61 Å². The van der Waals surface area contributed by atoms with Crippen LogP contribution in [0.1, 0.15) is 142 Å². The smallest absolute Gasteiger partial charge is 0.306 e. The Labute approximate surface area is 198 Å². The molecule has 0 aromatic rings. The molecule has 0 saturated carbocycles. The minimum atomic E-state index is -0.755. The monoisotopic (exact) mass is 456 g/mol. The zero-order valence-electron chi connectivity index (χ0n) is 21.2. The van der Waals surface area contributed by atoms with Gasteiger partial charge in [0.05, 0.1) is 6.61 Å². The Hall–Kier alpha value is -1.10. The van der Waals surface area contributed by atoms with Crippen molar-refractivity contribution in [3.63, 3.8) is 0 Å². The van der Waals surface area contributed by atoms with E-state index in [9.17, 15) is 14.7 Å². The number of rotatable bonds is 24. The van der Waals surface area contributed by atoms with Crippen LogP contribution in [0.5, 0.6) is 0 Å². The van der Waals surface area contributed by atoms with Crippen LogP contribution in [0.15, 0.2) is 0 Å². The van der Waals surface area contributed by atoms with Crippen LogP contribution in [0.4, 0.5) is 0 Å². The average molecular weight is 457 g/mol. The topological polar surface area (TPSA) is 72.8 Å². The van der Waals surface area contributed by atoms with E-state index in [4.69, 9.17) is 9.47 Å². The van der Waals surface area contributed by atoms with Crippen molar-refractivity contribution in [1.29, 1.82) is 0 Å². The fourth-order valence-corrected chi connectivity index (χ4v) is 3.77. The molecule has 0 amide bonds. The highest BCUT2D eigenvalue weighted by atomic mass is 16.6. The summed E-state index contributed by atoms with van der Waals surface area (Å²) in [4.78, 5) is 23.4. The van der Waals surface area contributed by atoms with Crippen LogP contribution in [0.3, 0.4) is 0 Å². The van der Waals surface area contributed by atoms with E-state index in [1.54, 1.807) is 0 Å². The maximum atomic E-state index is 11.9. The van der Waals surface area contributed by atoms with Crippen LogP contribution in [-0.2, 0) is 19.1 Å². The van der Waals surface area contributed by atoms with Crippen LogP contribution in [0.25, 0.3) is 0 Å². The number of aliphatic hydroxyl groups excluding tert-OH is 1. The zero-order chi connectivity index (χ0) is 23.7. The largest absolute Gasteiger partial charge is 0.462 e. The third kappa shape index (κ3) is 22.1. The van der Waals surface area contributed by atoms with Gasteiger partial charge in [0, 0.05) is 12.8 Å². The molecule has 0 bridgehead atoms. The first-order valence-corrected chi connectivity index (χ1v) is 13.6. The van der Waals surface area contributed by atoms with Crippen LogP contribution in [0.2, 0.25) is 0 Å².